The van der Waals surface area contributed by atoms with Gasteiger partial charge in [-0.1, -0.05) is 32.8 Å². The van der Waals surface area contributed by atoms with Crippen LogP contribution in [0.2, 0.25) is 0 Å². The molecule has 0 heterocycles. The van der Waals surface area contributed by atoms with Crippen LogP contribution in [-0.2, 0) is 4.79 Å². The van der Waals surface area contributed by atoms with Crippen molar-refractivity contribution in [3.05, 3.63) is 11.6 Å². The van der Waals surface area contributed by atoms with Crippen LogP contribution < -0.4 is 0 Å². The van der Waals surface area contributed by atoms with Gasteiger partial charge in [-0.3, -0.25) is 4.79 Å². The predicted octanol–water partition coefficient (Wildman–Crippen LogP) is 2.96. The Bertz CT molecular complexity index is 136. The van der Waals surface area contributed by atoms with Crippen molar-refractivity contribution >= 4 is 6.29 Å². The van der Waals surface area contributed by atoms with E-state index in [1.807, 2.05) is 13.0 Å². The lowest BCUT2D eigenvalue weighted by Crippen LogP contribution is -1.91. The fourth-order valence-electron chi connectivity index (χ4n) is 1.05. The van der Waals surface area contributed by atoms with Gasteiger partial charge < -0.3 is 0 Å². The van der Waals surface area contributed by atoms with Crippen LogP contribution in [0.5, 0.6) is 0 Å². The quantitative estimate of drug-likeness (QED) is 0.439. The minimum Gasteiger partial charge on any atom is -0.298 e. The Balaban J connectivity index is 3.59. The second-order valence-electron chi connectivity index (χ2n) is 3.20. The van der Waals surface area contributed by atoms with Gasteiger partial charge >= 0.3 is 0 Å². The zero-order valence-corrected chi connectivity index (χ0v) is 7.76. The molecule has 0 radical (unpaired) electrons. The molecule has 1 heteroatoms. The smallest absolute Gasteiger partial charge is 0.145 e. The van der Waals surface area contributed by atoms with Gasteiger partial charge in [-0.05, 0) is 24.8 Å². The average molecular weight is 154 g/mol. The average Bonchev–Trinajstić information content (AvgIpc) is 2.01. The molecule has 64 valence electrons. The summed E-state index contributed by atoms with van der Waals surface area (Å²) in [6.45, 7) is 6.26. The molecule has 1 nitrogen and oxygen atoms in total. The minimum atomic E-state index is 0.717. The van der Waals surface area contributed by atoms with Crippen molar-refractivity contribution < 1.29 is 4.79 Å². The molecule has 0 aromatic heterocycles. The van der Waals surface area contributed by atoms with Crippen LogP contribution in [0.1, 0.15) is 40.0 Å². The molecule has 0 aliphatic rings. The molecule has 0 fully saturated rings. The first-order valence-corrected chi connectivity index (χ1v) is 4.32. The summed E-state index contributed by atoms with van der Waals surface area (Å²) in [7, 11) is 0. The van der Waals surface area contributed by atoms with Gasteiger partial charge in [0.05, 0.1) is 0 Å². The van der Waals surface area contributed by atoms with Gasteiger partial charge in [-0.15, -0.1) is 0 Å². The summed E-state index contributed by atoms with van der Waals surface area (Å²) in [5, 5.41) is 0. The topological polar surface area (TPSA) is 17.1 Å². The molecule has 0 saturated heterocycles. The monoisotopic (exact) mass is 154 g/mol. The summed E-state index contributed by atoms with van der Waals surface area (Å²) >= 11 is 0. The zero-order valence-electron chi connectivity index (χ0n) is 7.76. The fraction of sp³-hybridized carbons (Fsp3) is 0.700. The Morgan fingerprint density at radius 2 is 2.18 bits per heavy atom. The molecule has 0 aliphatic carbocycles. The van der Waals surface area contributed by atoms with E-state index in [4.69, 9.17) is 0 Å². The summed E-state index contributed by atoms with van der Waals surface area (Å²) < 4.78 is 0. The molecule has 1 atom stereocenters. The lowest BCUT2D eigenvalue weighted by molar-refractivity contribution is -0.104. The Morgan fingerprint density at radius 3 is 2.64 bits per heavy atom. The van der Waals surface area contributed by atoms with Crippen molar-refractivity contribution in [1.29, 1.82) is 0 Å². The molecule has 1 unspecified atom stereocenters. The summed E-state index contributed by atoms with van der Waals surface area (Å²) in [6, 6.07) is 0. The number of hydrogen-bond acceptors (Lipinski definition) is 1. The Morgan fingerprint density at radius 1 is 1.55 bits per heavy atom. The molecule has 0 spiro atoms. The number of carbonyl (C=O) groups is 1. The van der Waals surface area contributed by atoms with Crippen molar-refractivity contribution in [2.75, 3.05) is 0 Å². The molecule has 0 rings (SSSR count). The first-order valence-electron chi connectivity index (χ1n) is 4.32. The molecule has 0 saturated carbocycles. The third-order valence-electron chi connectivity index (χ3n) is 1.81. The van der Waals surface area contributed by atoms with Gasteiger partial charge in [0.25, 0.3) is 0 Å². The van der Waals surface area contributed by atoms with Crippen LogP contribution in [0.15, 0.2) is 11.6 Å². The fourth-order valence-corrected chi connectivity index (χ4v) is 1.05. The van der Waals surface area contributed by atoms with Crippen molar-refractivity contribution in [2.45, 2.75) is 40.0 Å². The first kappa shape index (κ1) is 10.4. The summed E-state index contributed by atoms with van der Waals surface area (Å²) in [4.78, 5) is 10.2. The lowest BCUT2D eigenvalue weighted by Gasteiger charge is -2.05. The van der Waals surface area contributed by atoms with Crippen LogP contribution >= 0.6 is 0 Å². The largest absolute Gasteiger partial charge is 0.298 e. The Labute approximate surface area is 69.5 Å². The van der Waals surface area contributed by atoms with Crippen molar-refractivity contribution in [3.8, 4) is 0 Å². The highest BCUT2D eigenvalue weighted by molar-refractivity contribution is 5.71. The predicted molar refractivity (Wildman–Crippen MR) is 48.5 cm³/mol. The molecule has 0 aromatic rings. The van der Waals surface area contributed by atoms with Crippen LogP contribution in [0.3, 0.4) is 0 Å². The highest BCUT2D eigenvalue weighted by Crippen LogP contribution is 2.10. The highest BCUT2D eigenvalue weighted by atomic mass is 16.1. The molecular weight excluding hydrogens is 136 g/mol. The third kappa shape index (κ3) is 5.84. The van der Waals surface area contributed by atoms with E-state index >= 15 is 0 Å². The van der Waals surface area contributed by atoms with E-state index in [-0.39, 0.29) is 0 Å². The Hall–Kier alpha value is -0.590. The van der Waals surface area contributed by atoms with Crippen LogP contribution in [0.4, 0.5) is 0 Å². The number of allylic oxidation sites excluding steroid dienone is 2. The van der Waals surface area contributed by atoms with Crippen LogP contribution in [0.25, 0.3) is 0 Å². The van der Waals surface area contributed by atoms with E-state index in [1.165, 1.54) is 12.8 Å². The molecule has 11 heavy (non-hydrogen) atoms. The normalized spacial score (nSPS) is 14.6. The van der Waals surface area contributed by atoms with E-state index < -0.39 is 0 Å². The van der Waals surface area contributed by atoms with Crippen LogP contribution in [-0.4, -0.2) is 6.29 Å². The molecule has 0 aliphatic heterocycles. The second-order valence-corrected chi connectivity index (χ2v) is 3.20. The maximum Gasteiger partial charge on any atom is 0.145 e. The van der Waals surface area contributed by atoms with Gasteiger partial charge in [-0.25, -0.2) is 0 Å². The summed E-state index contributed by atoms with van der Waals surface area (Å²) in [6.07, 6.45) is 6.46. The number of hydrogen-bond donors (Lipinski definition) is 0. The highest BCUT2D eigenvalue weighted by Gasteiger charge is 1.97. The van der Waals surface area contributed by atoms with E-state index in [9.17, 15) is 4.79 Å². The maximum absolute atomic E-state index is 10.2. The zero-order chi connectivity index (χ0) is 8.69. The molecule has 0 amide bonds. The molecule has 0 aromatic carbocycles. The van der Waals surface area contributed by atoms with Gasteiger partial charge in [0.15, 0.2) is 0 Å². The first-order chi connectivity index (χ1) is 5.20. The number of rotatable bonds is 5. The van der Waals surface area contributed by atoms with Gasteiger partial charge in [-0.2, -0.15) is 0 Å². The molecular formula is C10H18O. The van der Waals surface area contributed by atoms with Gasteiger partial charge in [0, 0.05) is 0 Å². The van der Waals surface area contributed by atoms with Crippen molar-refractivity contribution in [3.63, 3.8) is 0 Å². The Kier molecular flexibility index (Phi) is 5.81. The second kappa shape index (κ2) is 6.14. The molecule has 0 bridgehead atoms. The van der Waals surface area contributed by atoms with Gasteiger partial charge in [0.2, 0.25) is 0 Å². The van der Waals surface area contributed by atoms with Gasteiger partial charge in [0.1, 0.15) is 6.29 Å². The minimum absolute atomic E-state index is 0.717. The summed E-state index contributed by atoms with van der Waals surface area (Å²) in [5.41, 5.74) is 0.855. The SMILES string of the molecule is CCCC(C)CC=C(C)C=O. The molecule has 0 N–H and O–H groups in total. The maximum atomic E-state index is 10.2. The summed E-state index contributed by atoms with van der Waals surface area (Å²) in [5.74, 6) is 0.717. The standard InChI is InChI=1S/C10H18O/c1-4-5-9(2)6-7-10(3)8-11/h7-9H,4-6H2,1-3H3. The van der Waals surface area contributed by atoms with Crippen LogP contribution in [0, 0.1) is 5.92 Å². The van der Waals surface area contributed by atoms with E-state index in [2.05, 4.69) is 13.8 Å². The number of aldehydes is 1. The van der Waals surface area contributed by atoms with E-state index in [0.29, 0.717) is 0 Å². The van der Waals surface area contributed by atoms with Crippen molar-refractivity contribution in [1.82, 2.24) is 0 Å². The lowest BCUT2D eigenvalue weighted by atomic mass is 10.0. The van der Waals surface area contributed by atoms with Crippen molar-refractivity contribution in [2.24, 2.45) is 5.92 Å². The number of carbonyl (C=O) groups excluding carboxylic acids is 1. The van der Waals surface area contributed by atoms with E-state index in [0.717, 1.165) is 24.2 Å². The van der Waals surface area contributed by atoms with E-state index in [1.54, 1.807) is 0 Å². The third-order valence-corrected chi connectivity index (χ3v) is 1.81.